The van der Waals surface area contributed by atoms with Crippen LogP contribution in [-0.2, 0) is 16.0 Å². The van der Waals surface area contributed by atoms with Crippen molar-refractivity contribution < 1.29 is 9.59 Å². The summed E-state index contributed by atoms with van der Waals surface area (Å²) in [4.78, 5) is 28.4. The molecular formula is C18H28N2O2. The second-order valence-electron chi connectivity index (χ2n) is 5.47. The predicted octanol–water partition coefficient (Wildman–Crippen LogP) is 2.72. The van der Waals surface area contributed by atoms with Crippen LogP contribution in [-0.4, -0.2) is 47.8 Å². The molecule has 0 aliphatic rings. The van der Waals surface area contributed by atoms with Gasteiger partial charge in [-0.05, 0) is 25.8 Å². The lowest BCUT2D eigenvalue weighted by atomic mass is 10.0. The summed E-state index contributed by atoms with van der Waals surface area (Å²) in [5.41, 5.74) is 1.07. The first kappa shape index (κ1) is 18.2. The molecule has 22 heavy (non-hydrogen) atoms. The smallest absolute Gasteiger partial charge is 0.245 e. The van der Waals surface area contributed by atoms with Gasteiger partial charge in [0.25, 0.3) is 0 Å². The molecule has 0 spiro atoms. The van der Waals surface area contributed by atoms with Crippen molar-refractivity contribution in [2.45, 2.75) is 46.1 Å². The summed E-state index contributed by atoms with van der Waals surface area (Å²) in [7, 11) is 1.74. The molecule has 4 nitrogen and oxygen atoms in total. The molecule has 0 saturated carbocycles. The zero-order valence-electron chi connectivity index (χ0n) is 14.2. The van der Waals surface area contributed by atoms with Gasteiger partial charge >= 0.3 is 0 Å². The fraction of sp³-hybridized carbons (Fsp3) is 0.556. The summed E-state index contributed by atoms with van der Waals surface area (Å²) in [5, 5.41) is 0. The second-order valence-corrected chi connectivity index (χ2v) is 5.47. The summed E-state index contributed by atoms with van der Waals surface area (Å²) < 4.78 is 0. The van der Waals surface area contributed by atoms with E-state index in [9.17, 15) is 9.59 Å². The van der Waals surface area contributed by atoms with E-state index in [2.05, 4.69) is 0 Å². The highest BCUT2D eigenvalue weighted by Gasteiger charge is 2.29. The lowest BCUT2D eigenvalue weighted by molar-refractivity contribution is -0.144. The molecule has 0 aliphatic carbocycles. The second kappa shape index (κ2) is 9.23. The topological polar surface area (TPSA) is 40.6 Å². The molecule has 0 N–H and O–H groups in total. The molecule has 0 saturated heterocycles. The van der Waals surface area contributed by atoms with E-state index in [4.69, 9.17) is 0 Å². The van der Waals surface area contributed by atoms with Crippen molar-refractivity contribution >= 4 is 11.8 Å². The van der Waals surface area contributed by atoms with Crippen molar-refractivity contribution in [1.82, 2.24) is 9.80 Å². The molecule has 1 aromatic rings. The number of benzene rings is 1. The van der Waals surface area contributed by atoms with Gasteiger partial charge in [0, 0.05) is 33.0 Å². The molecule has 0 radical (unpaired) electrons. The molecule has 0 unspecified atom stereocenters. The third-order valence-electron chi connectivity index (χ3n) is 3.96. The minimum atomic E-state index is -0.429. The SMILES string of the molecule is CCCC(=O)N(C)[C@H](Cc1ccccc1)C(=O)N(CC)CC. The minimum absolute atomic E-state index is 0.0285. The van der Waals surface area contributed by atoms with Crippen molar-refractivity contribution in [1.29, 1.82) is 0 Å². The lowest BCUT2D eigenvalue weighted by Crippen LogP contribution is -2.50. The normalized spacial score (nSPS) is 11.8. The Balaban J connectivity index is 2.98. The van der Waals surface area contributed by atoms with Crippen molar-refractivity contribution in [3.8, 4) is 0 Å². The number of carbonyl (C=O) groups is 2. The monoisotopic (exact) mass is 304 g/mol. The summed E-state index contributed by atoms with van der Waals surface area (Å²) in [5.74, 6) is 0.0599. The van der Waals surface area contributed by atoms with Gasteiger partial charge in [-0.2, -0.15) is 0 Å². The molecule has 0 heterocycles. The Kier molecular flexibility index (Phi) is 7.64. The maximum absolute atomic E-state index is 12.8. The van der Waals surface area contributed by atoms with Gasteiger partial charge < -0.3 is 9.80 Å². The zero-order chi connectivity index (χ0) is 16.5. The number of hydrogen-bond acceptors (Lipinski definition) is 2. The number of likely N-dealkylation sites (N-methyl/N-ethyl adjacent to an activating group) is 2. The Hall–Kier alpha value is -1.84. The molecule has 2 amide bonds. The van der Waals surface area contributed by atoms with Crippen molar-refractivity contribution in [2.24, 2.45) is 0 Å². The predicted molar refractivity (Wildman–Crippen MR) is 89.5 cm³/mol. The van der Waals surface area contributed by atoms with Gasteiger partial charge in [-0.1, -0.05) is 37.3 Å². The van der Waals surface area contributed by atoms with Gasteiger partial charge in [0.15, 0.2) is 0 Å². The fourth-order valence-electron chi connectivity index (χ4n) is 2.54. The lowest BCUT2D eigenvalue weighted by Gasteiger charge is -2.32. The third-order valence-corrected chi connectivity index (χ3v) is 3.96. The van der Waals surface area contributed by atoms with E-state index in [0.29, 0.717) is 25.9 Å². The van der Waals surface area contributed by atoms with Crippen LogP contribution in [0.1, 0.15) is 39.2 Å². The Morgan fingerprint density at radius 1 is 1.05 bits per heavy atom. The molecule has 0 aromatic heterocycles. The highest BCUT2D eigenvalue weighted by molar-refractivity contribution is 5.87. The molecule has 1 aromatic carbocycles. The number of carbonyl (C=O) groups excluding carboxylic acids is 2. The van der Waals surface area contributed by atoms with E-state index >= 15 is 0 Å². The van der Waals surface area contributed by atoms with Gasteiger partial charge in [0.2, 0.25) is 11.8 Å². The van der Waals surface area contributed by atoms with Gasteiger partial charge in [0.05, 0.1) is 0 Å². The molecule has 1 atom stereocenters. The maximum atomic E-state index is 12.8. The van der Waals surface area contributed by atoms with Crippen LogP contribution in [0.25, 0.3) is 0 Å². The van der Waals surface area contributed by atoms with E-state index in [1.54, 1.807) is 16.8 Å². The average molecular weight is 304 g/mol. The van der Waals surface area contributed by atoms with Gasteiger partial charge in [0.1, 0.15) is 6.04 Å². The van der Waals surface area contributed by atoms with E-state index in [0.717, 1.165) is 12.0 Å². The standard InChI is InChI=1S/C18H28N2O2/c1-5-11-17(21)19(4)16(18(22)20(6-2)7-3)14-15-12-9-8-10-13-15/h8-10,12-13,16H,5-7,11,14H2,1-4H3/t16-/m1/s1. The number of hydrogen-bond donors (Lipinski definition) is 0. The largest absolute Gasteiger partial charge is 0.341 e. The van der Waals surface area contributed by atoms with Crippen LogP contribution in [0.4, 0.5) is 0 Å². The summed E-state index contributed by atoms with van der Waals surface area (Å²) in [6.07, 6.45) is 1.83. The summed E-state index contributed by atoms with van der Waals surface area (Å²) >= 11 is 0. The molecule has 0 bridgehead atoms. The van der Waals surface area contributed by atoms with Crippen molar-refractivity contribution in [3.05, 3.63) is 35.9 Å². The van der Waals surface area contributed by atoms with Crippen LogP contribution in [0.15, 0.2) is 30.3 Å². The first-order chi connectivity index (χ1) is 10.5. The fourth-order valence-corrected chi connectivity index (χ4v) is 2.54. The van der Waals surface area contributed by atoms with Crippen molar-refractivity contribution in [3.63, 3.8) is 0 Å². The molecule has 4 heteroatoms. The molecule has 1 rings (SSSR count). The molecule has 0 fully saturated rings. The number of amides is 2. The quantitative estimate of drug-likeness (QED) is 0.741. The van der Waals surface area contributed by atoms with Crippen LogP contribution in [0.5, 0.6) is 0 Å². The Bertz CT molecular complexity index is 469. The maximum Gasteiger partial charge on any atom is 0.245 e. The first-order valence-corrected chi connectivity index (χ1v) is 8.13. The zero-order valence-corrected chi connectivity index (χ0v) is 14.2. The number of nitrogens with zero attached hydrogens (tertiary/aromatic N) is 2. The first-order valence-electron chi connectivity index (χ1n) is 8.13. The Labute approximate surface area is 134 Å². The Morgan fingerprint density at radius 2 is 1.64 bits per heavy atom. The Morgan fingerprint density at radius 3 is 2.14 bits per heavy atom. The van der Waals surface area contributed by atoms with E-state index in [-0.39, 0.29) is 11.8 Å². The third kappa shape index (κ3) is 4.86. The highest BCUT2D eigenvalue weighted by Crippen LogP contribution is 2.13. The number of rotatable bonds is 8. The molecule has 0 aliphatic heterocycles. The summed E-state index contributed by atoms with van der Waals surface area (Å²) in [6.45, 7) is 7.24. The minimum Gasteiger partial charge on any atom is -0.341 e. The van der Waals surface area contributed by atoms with E-state index in [1.807, 2.05) is 51.1 Å². The van der Waals surface area contributed by atoms with Crippen molar-refractivity contribution in [2.75, 3.05) is 20.1 Å². The highest BCUT2D eigenvalue weighted by atomic mass is 16.2. The van der Waals surface area contributed by atoms with Gasteiger partial charge in [-0.15, -0.1) is 0 Å². The van der Waals surface area contributed by atoms with E-state index in [1.165, 1.54) is 0 Å². The summed E-state index contributed by atoms with van der Waals surface area (Å²) in [6, 6.07) is 9.45. The van der Waals surface area contributed by atoms with Gasteiger partial charge in [-0.3, -0.25) is 9.59 Å². The molecule has 122 valence electrons. The van der Waals surface area contributed by atoms with Crippen LogP contribution < -0.4 is 0 Å². The van der Waals surface area contributed by atoms with Crippen LogP contribution in [0.3, 0.4) is 0 Å². The van der Waals surface area contributed by atoms with Gasteiger partial charge in [-0.25, -0.2) is 0 Å². The van der Waals surface area contributed by atoms with Crippen LogP contribution in [0, 0.1) is 0 Å². The van der Waals surface area contributed by atoms with Crippen LogP contribution >= 0.6 is 0 Å². The van der Waals surface area contributed by atoms with Crippen LogP contribution in [0.2, 0.25) is 0 Å². The average Bonchev–Trinajstić information content (AvgIpc) is 2.54. The molecular weight excluding hydrogens is 276 g/mol. The van der Waals surface area contributed by atoms with E-state index < -0.39 is 6.04 Å².